The van der Waals surface area contributed by atoms with E-state index >= 15 is 0 Å². The van der Waals surface area contributed by atoms with Crippen LogP contribution < -0.4 is 10.6 Å². The molecule has 2 amide bonds. The van der Waals surface area contributed by atoms with Crippen LogP contribution in [0.1, 0.15) is 21.8 Å². The predicted octanol–water partition coefficient (Wildman–Crippen LogP) is 8.22. The fraction of sp³-hybridized carbons (Fsp3) is 0.130. The van der Waals surface area contributed by atoms with E-state index in [2.05, 4.69) is 10.6 Å². The molecule has 0 aromatic heterocycles. The van der Waals surface area contributed by atoms with Crippen LogP contribution in [0.15, 0.2) is 54.6 Å². The van der Waals surface area contributed by atoms with Gasteiger partial charge >= 0.3 is 0 Å². The Hall–Kier alpha value is -1.73. The standard InChI is InChI=1S/C23H13Cl6FN2O2/c24-15-6-5-13(9-14(15)21(33)31-12-3-1-11(30)2-4-12)32-22(34)19-18(23(19,28)29)10-7-16(25)20(27)17(26)8-10/h1-9,18-19H,(H,31,33)(H,32,34)/t18-,19?/m0/s1. The van der Waals surface area contributed by atoms with Gasteiger partial charge in [0.25, 0.3) is 5.91 Å². The summed E-state index contributed by atoms with van der Waals surface area (Å²) >= 11 is 37.2. The molecule has 1 saturated carbocycles. The maximum Gasteiger partial charge on any atom is 0.257 e. The lowest BCUT2D eigenvalue weighted by Crippen LogP contribution is -2.18. The largest absolute Gasteiger partial charge is 0.326 e. The highest BCUT2D eigenvalue weighted by atomic mass is 35.5. The number of benzene rings is 3. The van der Waals surface area contributed by atoms with Crippen molar-refractivity contribution in [2.24, 2.45) is 5.92 Å². The number of carbonyl (C=O) groups is 2. The summed E-state index contributed by atoms with van der Waals surface area (Å²) < 4.78 is 11.7. The van der Waals surface area contributed by atoms with Gasteiger partial charge in [-0.15, -0.1) is 23.2 Å². The van der Waals surface area contributed by atoms with Gasteiger partial charge in [-0.2, -0.15) is 0 Å². The van der Waals surface area contributed by atoms with Crippen LogP contribution in [-0.4, -0.2) is 16.1 Å². The number of rotatable bonds is 5. The normalized spacial score (nSPS) is 18.3. The minimum absolute atomic E-state index is 0.107. The van der Waals surface area contributed by atoms with Crippen LogP contribution in [-0.2, 0) is 4.79 Å². The molecular formula is C23H13Cl6FN2O2. The number of hydrogen-bond donors (Lipinski definition) is 2. The number of carbonyl (C=O) groups excluding carboxylic acids is 2. The van der Waals surface area contributed by atoms with Crippen molar-refractivity contribution in [3.63, 3.8) is 0 Å². The molecule has 3 aromatic rings. The van der Waals surface area contributed by atoms with E-state index in [1.807, 2.05) is 0 Å². The molecule has 2 N–H and O–H groups in total. The van der Waals surface area contributed by atoms with Crippen molar-refractivity contribution < 1.29 is 14.0 Å². The Labute approximate surface area is 224 Å². The Balaban J connectivity index is 1.51. The maximum absolute atomic E-state index is 13.1. The Kier molecular flexibility index (Phi) is 7.26. The lowest BCUT2D eigenvalue weighted by atomic mass is 10.1. The molecule has 0 saturated heterocycles. The van der Waals surface area contributed by atoms with Gasteiger partial charge in [-0.3, -0.25) is 9.59 Å². The van der Waals surface area contributed by atoms with E-state index in [0.29, 0.717) is 16.9 Å². The summed E-state index contributed by atoms with van der Waals surface area (Å²) in [5.74, 6) is -2.82. The fourth-order valence-corrected chi connectivity index (χ4v) is 5.20. The topological polar surface area (TPSA) is 58.2 Å². The van der Waals surface area contributed by atoms with Gasteiger partial charge in [0, 0.05) is 17.3 Å². The Morgan fingerprint density at radius 3 is 2.00 bits per heavy atom. The molecule has 0 bridgehead atoms. The molecule has 2 atom stereocenters. The second kappa shape index (κ2) is 9.73. The lowest BCUT2D eigenvalue weighted by molar-refractivity contribution is -0.117. The number of nitrogens with one attached hydrogen (secondary N) is 2. The number of hydrogen-bond acceptors (Lipinski definition) is 2. The van der Waals surface area contributed by atoms with Crippen molar-refractivity contribution in [1.29, 1.82) is 0 Å². The molecule has 1 unspecified atom stereocenters. The first-order chi connectivity index (χ1) is 16.0. The highest BCUT2D eigenvalue weighted by molar-refractivity contribution is 6.54. The predicted molar refractivity (Wildman–Crippen MR) is 137 cm³/mol. The molecule has 1 aliphatic rings. The van der Waals surface area contributed by atoms with Gasteiger partial charge in [-0.25, -0.2) is 4.39 Å². The van der Waals surface area contributed by atoms with E-state index in [9.17, 15) is 14.0 Å². The summed E-state index contributed by atoms with van der Waals surface area (Å²) in [6.07, 6.45) is 0. The van der Waals surface area contributed by atoms with Gasteiger partial charge in [0.05, 0.1) is 31.6 Å². The van der Waals surface area contributed by atoms with Crippen LogP contribution in [0, 0.1) is 11.7 Å². The molecule has 3 aromatic carbocycles. The summed E-state index contributed by atoms with van der Waals surface area (Å²) in [5.41, 5.74) is 1.36. The van der Waals surface area contributed by atoms with Gasteiger partial charge in [-0.05, 0) is 60.2 Å². The van der Waals surface area contributed by atoms with Crippen molar-refractivity contribution >= 4 is 92.8 Å². The van der Waals surface area contributed by atoms with Crippen molar-refractivity contribution in [3.05, 3.63) is 91.6 Å². The number of anilines is 2. The van der Waals surface area contributed by atoms with Gasteiger partial charge in [0.15, 0.2) is 0 Å². The SMILES string of the molecule is O=C(Nc1ccc(F)cc1)c1cc(NC(=O)C2[C@H](c3cc(Cl)c(Cl)c(Cl)c3)C2(Cl)Cl)ccc1Cl. The van der Waals surface area contributed by atoms with Gasteiger partial charge in [0.2, 0.25) is 5.91 Å². The van der Waals surface area contributed by atoms with Crippen LogP contribution >= 0.6 is 69.6 Å². The van der Waals surface area contributed by atoms with E-state index in [1.54, 1.807) is 12.1 Å². The molecule has 176 valence electrons. The monoisotopic (exact) mass is 578 g/mol. The second-order valence-electron chi connectivity index (χ2n) is 7.57. The van der Waals surface area contributed by atoms with Crippen molar-refractivity contribution in [3.8, 4) is 0 Å². The zero-order chi connectivity index (χ0) is 24.8. The summed E-state index contributed by atoms with van der Waals surface area (Å²) in [7, 11) is 0. The third-order valence-corrected chi connectivity index (χ3v) is 7.75. The first-order valence-corrected chi connectivity index (χ1v) is 12.0. The Morgan fingerprint density at radius 2 is 1.38 bits per heavy atom. The highest BCUT2D eigenvalue weighted by Gasteiger charge is 2.67. The van der Waals surface area contributed by atoms with E-state index in [4.69, 9.17) is 69.6 Å². The quantitative estimate of drug-likeness (QED) is 0.236. The van der Waals surface area contributed by atoms with Crippen LogP contribution in [0.25, 0.3) is 0 Å². The molecule has 34 heavy (non-hydrogen) atoms. The lowest BCUT2D eigenvalue weighted by Gasteiger charge is -2.10. The van der Waals surface area contributed by atoms with Crippen molar-refractivity contribution in [2.45, 2.75) is 10.3 Å². The average molecular weight is 581 g/mol. The minimum atomic E-state index is -1.39. The van der Waals surface area contributed by atoms with Crippen molar-refractivity contribution in [2.75, 3.05) is 10.6 Å². The van der Waals surface area contributed by atoms with Crippen LogP contribution in [0.4, 0.5) is 15.8 Å². The van der Waals surface area contributed by atoms with Gasteiger partial charge < -0.3 is 10.6 Å². The van der Waals surface area contributed by atoms with Gasteiger partial charge in [-0.1, -0.05) is 46.4 Å². The fourth-order valence-electron chi connectivity index (χ4n) is 3.55. The second-order valence-corrected chi connectivity index (χ2v) is 10.6. The molecule has 4 rings (SSSR count). The van der Waals surface area contributed by atoms with Gasteiger partial charge in [0.1, 0.15) is 10.2 Å². The molecule has 1 fully saturated rings. The molecule has 0 heterocycles. The van der Waals surface area contributed by atoms with Crippen LogP contribution in [0.2, 0.25) is 20.1 Å². The molecule has 11 heteroatoms. The molecule has 1 aliphatic carbocycles. The van der Waals surface area contributed by atoms with Crippen molar-refractivity contribution in [1.82, 2.24) is 0 Å². The average Bonchev–Trinajstić information content (AvgIpc) is 3.36. The molecule has 4 nitrogen and oxygen atoms in total. The molecule has 0 radical (unpaired) electrons. The highest BCUT2D eigenvalue weighted by Crippen LogP contribution is 2.65. The zero-order valence-electron chi connectivity index (χ0n) is 16.8. The van der Waals surface area contributed by atoms with E-state index < -0.39 is 33.8 Å². The number of alkyl halides is 2. The van der Waals surface area contributed by atoms with E-state index in [0.717, 1.165) is 0 Å². The summed E-state index contributed by atoms with van der Waals surface area (Å²) in [6.45, 7) is 0. The minimum Gasteiger partial charge on any atom is -0.326 e. The maximum atomic E-state index is 13.1. The first-order valence-electron chi connectivity index (χ1n) is 9.68. The van der Waals surface area contributed by atoms with E-state index in [1.165, 1.54) is 42.5 Å². The van der Waals surface area contributed by atoms with Crippen LogP contribution in [0.5, 0.6) is 0 Å². The zero-order valence-corrected chi connectivity index (χ0v) is 21.3. The molecule has 0 aliphatic heterocycles. The summed E-state index contributed by atoms with van der Waals surface area (Å²) in [6, 6.07) is 12.8. The third kappa shape index (κ3) is 5.11. The third-order valence-electron chi connectivity index (χ3n) is 5.28. The van der Waals surface area contributed by atoms with Crippen LogP contribution in [0.3, 0.4) is 0 Å². The molecular weight excluding hydrogens is 568 g/mol. The number of amides is 2. The Bertz CT molecular complexity index is 1280. The summed E-state index contributed by atoms with van der Waals surface area (Å²) in [5, 5.41) is 6.11. The number of halogens is 7. The molecule has 0 spiro atoms. The smallest absolute Gasteiger partial charge is 0.257 e. The summed E-state index contributed by atoms with van der Waals surface area (Å²) in [4.78, 5) is 25.6. The first kappa shape index (κ1) is 25.4. The van der Waals surface area contributed by atoms with E-state index in [-0.39, 0.29) is 25.7 Å². The Morgan fingerprint density at radius 1 is 0.794 bits per heavy atom.